The van der Waals surface area contributed by atoms with Crippen molar-refractivity contribution in [2.45, 2.75) is 0 Å². The van der Waals surface area contributed by atoms with Gasteiger partial charge in [-0.05, 0) is 48.5 Å². The minimum Gasteiger partial charge on any atom is -0.308 e. The summed E-state index contributed by atoms with van der Waals surface area (Å²) in [5.74, 6) is 0. The lowest BCUT2D eigenvalue weighted by Crippen LogP contribution is -2.19. The number of thiazole rings is 1. The Kier molecular flexibility index (Phi) is 4.99. The number of amides is 2. The second-order valence-electron chi connectivity index (χ2n) is 5.77. The first-order valence-corrected chi connectivity index (χ1v) is 9.65. The zero-order valence-corrected chi connectivity index (χ0v) is 16.2. The summed E-state index contributed by atoms with van der Waals surface area (Å²) in [4.78, 5) is 17.1. The number of para-hydroxylation sites is 1. The third kappa shape index (κ3) is 4.06. The van der Waals surface area contributed by atoms with Gasteiger partial charge < -0.3 is 10.6 Å². The molecule has 0 unspecified atom stereocenters. The molecule has 27 heavy (non-hydrogen) atoms. The maximum Gasteiger partial charge on any atom is 0.323 e. The van der Waals surface area contributed by atoms with Crippen molar-refractivity contribution in [2.24, 2.45) is 0 Å². The number of urea groups is 1. The summed E-state index contributed by atoms with van der Waals surface area (Å²) in [6, 6.07) is 19.8. The van der Waals surface area contributed by atoms with Gasteiger partial charge in [0.1, 0.15) is 5.01 Å². The predicted octanol–water partition coefficient (Wildman–Crippen LogP) is 6.91. The van der Waals surface area contributed by atoms with Crippen molar-refractivity contribution < 1.29 is 4.79 Å². The Hall–Kier alpha value is -2.60. The molecule has 7 heteroatoms. The lowest BCUT2D eigenvalue weighted by Gasteiger charge is -2.11. The van der Waals surface area contributed by atoms with Gasteiger partial charge in [0.05, 0.1) is 15.9 Å². The number of nitrogens with one attached hydrogen (secondary N) is 2. The van der Waals surface area contributed by atoms with E-state index in [1.54, 1.807) is 53.8 Å². The van der Waals surface area contributed by atoms with Crippen LogP contribution >= 0.6 is 34.5 Å². The molecule has 2 amide bonds. The SMILES string of the molecule is O=C(Nc1cccc(Cl)c1)Nc1ccc(Cl)cc1-c1nc2ccccc2s1. The molecule has 1 heterocycles. The van der Waals surface area contributed by atoms with E-state index in [9.17, 15) is 4.79 Å². The van der Waals surface area contributed by atoms with E-state index in [0.717, 1.165) is 20.8 Å². The van der Waals surface area contributed by atoms with Crippen LogP contribution in [-0.2, 0) is 0 Å². The number of nitrogens with zero attached hydrogens (tertiary/aromatic N) is 1. The van der Waals surface area contributed by atoms with E-state index >= 15 is 0 Å². The average molecular weight is 414 g/mol. The van der Waals surface area contributed by atoms with E-state index in [1.807, 2.05) is 24.3 Å². The van der Waals surface area contributed by atoms with Gasteiger partial charge in [0, 0.05) is 21.3 Å². The second kappa shape index (κ2) is 7.56. The van der Waals surface area contributed by atoms with E-state index in [-0.39, 0.29) is 6.03 Å². The molecule has 0 radical (unpaired) electrons. The van der Waals surface area contributed by atoms with Crippen LogP contribution in [0.15, 0.2) is 66.7 Å². The molecule has 0 aliphatic carbocycles. The highest BCUT2D eigenvalue weighted by Crippen LogP contribution is 2.36. The summed E-state index contributed by atoms with van der Waals surface area (Å²) >= 11 is 13.7. The maximum absolute atomic E-state index is 12.4. The van der Waals surface area contributed by atoms with Crippen LogP contribution < -0.4 is 10.6 Å². The van der Waals surface area contributed by atoms with Crippen LogP contribution in [0.25, 0.3) is 20.8 Å². The second-order valence-corrected chi connectivity index (χ2v) is 7.67. The molecule has 0 bridgehead atoms. The van der Waals surface area contributed by atoms with Gasteiger partial charge in [0.15, 0.2) is 0 Å². The minimum atomic E-state index is -0.373. The van der Waals surface area contributed by atoms with Gasteiger partial charge in [-0.15, -0.1) is 11.3 Å². The molecule has 3 aromatic carbocycles. The van der Waals surface area contributed by atoms with Gasteiger partial charge in [-0.25, -0.2) is 9.78 Å². The Balaban J connectivity index is 1.64. The molecule has 1 aromatic heterocycles. The number of carbonyl (C=O) groups is 1. The maximum atomic E-state index is 12.4. The molecule has 4 aromatic rings. The van der Waals surface area contributed by atoms with Crippen molar-refractivity contribution in [3.05, 3.63) is 76.8 Å². The van der Waals surface area contributed by atoms with E-state index in [2.05, 4.69) is 15.6 Å². The number of hydrogen-bond acceptors (Lipinski definition) is 3. The minimum absolute atomic E-state index is 0.373. The average Bonchev–Trinajstić information content (AvgIpc) is 3.07. The molecule has 134 valence electrons. The Morgan fingerprint density at radius 1 is 0.889 bits per heavy atom. The van der Waals surface area contributed by atoms with Crippen molar-refractivity contribution in [3.8, 4) is 10.6 Å². The van der Waals surface area contributed by atoms with Crippen LogP contribution in [0.2, 0.25) is 10.0 Å². The Labute approximate surface area is 169 Å². The lowest BCUT2D eigenvalue weighted by atomic mass is 10.2. The molecule has 0 fully saturated rings. The molecule has 0 saturated heterocycles. The zero-order chi connectivity index (χ0) is 18.8. The van der Waals surface area contributed by atoms with Crippen LogP contribution in [0.1, 0.15) is 0 Å². The standard InChI is InChI=1S/C20H13Cl2N3OS/c21-12-4-3-5-14(10-12)23-20(26)25-16-9-8-13(22)11-15(16)19-24-17-6-1-2-7-18(17)27-19/h1-11H,(H2,23,25,26). The van der Waals surface area contributed by atoms with Crippen molar-refractivity contribution in [1.82, 2.24) is 4.98 Å². The summed E-state index contributed by atoms with van der Waals surface area (Å²) in [6.45, 7) is 0. The molecule has 2 N–H and O–H groups in total. The van der Waals surface area contributed by atoms with Crippen molar-refractivity contribution in [3.63, 3.8) is 0 Å². The summed E-state index contributed by atoms with van der Waals surface area (Å²) in [7, 11) is 0. The highest BCUT2D eigenvalue weighted by atomic mass is 35.5. The summed E-state index contributed by atoms with van der Waals surface area (Å²) in [5, 5.41) is 7.54. The fourth-order valence-corrected chi connectivity index (χ4v) is 4.00. The van der Waals surface area contributed by atoms with E-state index in [0.29, 0.717) is 21.4 Å². The summed E-state index contributed by atoms with van der Waals surface area (Å²) in [6.07, 6.45) is 0. The highest BCUT2D eigenvalue weighted by molar-refractivity contribution is 7.21. The smallest absolute Gasteiger partial charge is 0.308 e. The molecule has 0 saturated carbocycles. The first-order chi connectivity index (χ1) is 13.1. The molecule has 4 nitrogen and oxygen atoms in total. The third-order valence-electron chi connectivity index (χ3n) is 3.84. The molecule has 0 atom stereocenters. The normalized spacial score (nSPS) is 10.7. The quantitative estimate of drug-likeness (QED) is 0.383. The molecule has 0 aliphatic heterocycles. The fraction of sp³-hybridized carbons (Fsp3) is 0. The summed E-state index contributed by atoms with van der Waals surface area (Å²) in [5.41, 5.74) is 2.91. The van der Waals surface area contributed by atoms with E-state index in [1.165, 1.54) is 0 Å². The van der Waals surface area contributed by atoms with Gasteiger partial charge in [-0.3, -0.25) is 0 Å². The largest absolute Gasteiger partial charge is 0.323 e. The van der Waals surface area contributed by atoms with Crippen LogP contribution in [-0.4, -0.2) is 11.0 Å². The number of carbonyl (C=O) groups excluding carboxylic acids is 1. The molecular weight excluding hydrogens is 401 g/mol. The van der Waals surface area contributed by atoms with Gasteiger partial charge >= 0.3 is 6.03 Å². The Morgan fingerprint density at radius 2 is 1.70 bits per heavy atom. The van der Waals surface area contributed by atoms with Crippen molar-refractivity contribution >= 4 is 62.2 Å². The number of aromatic nitrogens is 1. The fourth-order valence-electron chi connectivity index (χ4n) is 2.64. The van der Waals surface area contributed by atoms with Crippen molar-refractivity contribution in [1.29, 1.82) is 0 Å². The van der Waals surface area contributed by atoms with Crippen molar-refractivity contribution in [2.75, 3.05) is 10.6 Å². The molecular formula is C20H13Cl2N3OS. The van der Waals surface area contributed by atoms with Crippen LogP contribution in [0.4, 0.5) is 16.2 Å². The van der Waals surface area contributed by atoms with Gasteiger partial charge in [-0.1, -0.05) is 41.4 Å². The van der Waals surface area contributed by atoms with E-state index in [4.69, 9.17) is 23.2 Å². The lowest BCUT2D eigenvalue weighted by molar-refractivity contribution is 0.262. The number of anilines is 2. The van der Waals surface area contributed by atoms with Gasteiger partial charge in [-0.2, -0.15) is 0 Å². The van der Waals surface area contributed by atoms with Crippen LogP contribution in [0, 0.1) is 0 Å². The third-order valence-corrected chi connectivity index (χ3v) is 5.38. The monoisotopic (exact) mass is 413 g/mol. The first-order valence-electron chi connectivity index (χ1n) is 8.07. The predicted molar refractivity (Wildman–Crippen MR) is 114 cm³/mol. The zero-order valence-electron chi connectivity index (χ0n) is 13.9. The Morgan fingerprint density at radius 3 is 2.52 bits per heavy atom. The van der Waals surface area contributed by atoms with Gasteiger partial charge in [0.25, 0.3) is 0 Å². The highest BCUT2D eigenvalue weighted by Gasteiger charge is 2.13. The number of hydrogen-bond donors (Lipinski definition) is 2. The molecule has 0 spiro atoms. The Bertz CT molecular complexity index is 1110. The number of rotatable bonds is 3. The number of benzene rings is 3. The topological polar surface area (TPSA) is 54.0 Å². The molecule has 4 rings (SSSR count). The van der Waals surface area contributed by atoms with Gasteiger partial charge in [0.2, 0.25) is 0 Å². The van der Waals surface area contributed by atoms with E-state index < -0.39 is 0 Å². The number of fused-ring (bicyclic) bond motifs is 1. The van der Waals surface area contributed by atoms with Crippen LogP contribution in [0.5, 0.6) is 0 Å². The first kappa shape index (κ1) is 17.8. The summed E-state index contributed by atoms with van der Waals surface area (Å²) < 4.78 is 1.07. The molecule has 0 aliphatic rings. The number of halogens is 2. The van der Waals surface area contributed by atoms with Crippen LogP contribution in [0.3, 0.4) is 0 Å².